The van der Waals surface area contributed by atoms with Crippen LogP contribution in [0.2, 0.25) is 0 Å². The number of carbonyl (C=O) groups excluding carboxylic acids is 3. The van der Waals surface area contributed by atoms with Crippen molar-refractivity contribution in [1.82, 2.24) is 14.8 Å². The van der Waals surface area contributed by atoms with Gasteiger partial charge in [-0.05, 0) is 43.4 Å². The van der Waals surface area contributed by atoms with E-state index < -0.39 is 5.41 Å². The Morgan fingerprint density at radius 2 is 1.81 bits per heavy atom. The molecule has 2 fully saturated rings. The van der Waals surface area contributed by atoms with Crippen LogP contribution in [0.15, 0.2) is 54.9 Å². The number of rotatable bonds is 8. The van der Waals surface area contributed by atoms with Crippen molar-refractivity contribution in [3.8, 4) is 5.75 Å². The van der Waals surface area contributed by atoms with Gasteiger partial charge in [-0.15, -0.1) is 0 Å². The number of pyridine rings is 1. The largest absolute Gasteiger partial charge is 0.492 e. The highest BCUT2D eigenvalue weighted by Gasteiger charge is 2.53. The summed E-state index contributed by atoms with van der Waals surface area (Å²) in [5, 5.41) is 0. The molecule has 3 heterocycles. The molecule has 0 N–H and O–H groups in total. The van der Waals surface area contributed by atoms with E-state index in [2.05, 4.69) is 4.98 Å². The average Bonchev–Trinajstić information content (AvgIpc) is 3.08. The highest BCUT2D eigenvalue weighted by Crippen LogP contribution is 2.40. The fourth-order valence-electron chi connectivity index (χ4n) is 4.61. The highest BCUT2D eigenvalue weighted by molar-refractivity contribution is 6.10. The van der Waals surface area contributed by atoms with E-state index in [0.717, 1.165) is 37.9 Å². The molecule has 0 aliphatic carbocycles. The molecule has 0 bridgehead atoms. The molecule has 0 radical (unpaired) electrons. The number of benzene rings is 1. The van der Waals surface area contributed by atoms with Crippen molar-refractivity contribution in [3.05, 3.63) is 60.4 Å². The predicted octanol–water partition coefficient (Wildman–Crippen LogP) is 2.95. The molecule has 2 aromatic rings. The minimum absolute atomic E-state index is 0.0267. The molecule has 4 rings (SSSR count). The van der Waals surface area contributed by atoms with Crippen molar-refractivity contribution in [2.24, 2.45) is 0 Å². The summed E-state index contributed by atoms with van der Waals surface area (Å²) in [5.74, 6) is 0.0981. The summed E-state index contributed by atoms with van der Waals surface area (Å²) in [7, 11) is 0. The lowest BCUT2D eigenvalue weighted by Gasteiger charge is -2.32. The number of hydrogen-bond donors (Lipinski definition) is 0. The predicted molar refractivity (Wildman–Crippen MR) is 119 cm³/mol. The van der Waals surface area contributed by atoms with Crippen LogP contribution in [0.5, 0.6) is 5.75 Å². The molecule has 2 saturated heterocycles. The third kappa shape index (κ3) is 4.66. The average molecular weight is 436 g/mol. The summed E-state index contributed by atoms with van der Waals surface area (Å²) in [6.45, 7) is 2.08. The zero-order valence-corrected chi connectivity index (χ0v) is 18.2. The van der Waals surface area contributed by atoms with Crippen LogP contribution in [-0.4, -0.2) is 58.7 Å². The van der Waals surface area contributed by atoms with Crippen LogP contribution in [0, 0.1) is 0 Å². The molecule has 1 aromatic carbocycles. The minimum Gasteiger partial charge on any atom is -0.492 e. The quantitative estimate of drug-likeness (QED) is 0.471. The SMILES string of the molecule is O=C(C[C@]1(c2ccccc2)CC(=O)N(CCCOc2cccnc2)C1=O)N1CCCCC1. The molecule has 2 aliphatic heterocycles. The van der Waals surface area contributed by atoms with Crippen molar-refractivity contribution >= 4 is 17.7 Å². The first kappa shape index (κ1) is 22.0. The molecule has 0 saturated carbocycles. The van der Waals surface area contributed by atoms with Gasteiger partial charge < -0.3 is 9.64 Å². The van der Waals surface area contributed by atoms with Gasteiger partial charge in [0.2, 0.25) is 17.7 Å². The van der Waals surface area contributed by atoms with Crippen molar-refractivity contribution in [3.63, 3.8) is 0 Å². The van der Waals surface area contributed by atoms with E-state index in [1.165, 1.54) is 4.90 Å². The maximum absolute atomic E-state index is 13.6. The standard InChI is InChI=1S/C25H29N3O4/c29-22(27-13-5-2-6-14-27)17-25(20-9-3-1-4-10-20)18-23(30)28(24(25)31)15-8-16-32-21-11-7-12-26-19-21/h1,3-4,7,9-12,19H,2,5-6,8,13-18H2/t25-/m1/s1. The number of imide groups is 1. The van der Waals surface area contributed by atoms with Crippen LogP contribution >= 0.6 is 0 Å². The summed E-state index contributed by atoms with van der Waals surface area (Å²) in [6, 6.07) is 12.9. The Morgan fingerprint density at radius 1 is 1.03 bits per heavy atom. The first-order valence-corrected chi connectivity index (χ1v) is 11.3. The number of carbonyl (C=O) groups is 3. The van der Waals surface area contributed by atoms with Gasteiger partial charge in [-0.1, -0.05) is 30.3 Å². The monoisotopic (exact) mass is 435 g/mol. The second-order valence-electron chi connectivity index (χ2n) is 8.48. The van der Waals surface area contributed by atoms with E-state index in [0.29, 0.717) is 18.8 Å². The first-order valence-electron chi connectivity index (χ1n) is 11.3. The Kier molecular flexibility index (Phi) is 6.83. The smallest absolute Gasteiger partial charge is 0.240 e. The molecule has 3 amide bonds. The molecule has 32 heavy (non-hydrogen) atoms. The van der Waals surface area contributed by atoms with Gasteiger partial charge in [0.25, 0.3) is 0 Å². The third-order valence-electron chi connectivity index (χ3n) is 6.33. The summed E-state index contributed by atoms with van der Waals surface area (Å²) in [5.41, 5.74) is -0.394. The summed E-state index contributed by atoms with van der Waals surface area (Å²) < 4.78 is 5.64. The highest BCUT2D eigenvalue weighted by atomic mass is 16.5. The van der Waals surface area contributed by atoms with E-state index >= 15 is 0 Å². The molecule has 2 aliphatic rings. The Balaban J connectivity index is 1.47. The molecule has 0 unspecified atom stereocenters. The number of ether oxygens (including phenoxy) is 1. The molecule has 1 aromatic heterocycles. The second kappa shape index (κ2) is 9.94. The Bertz CT molecular complexity index is 944. The fourth-order valence-corrected chi connectivity index (χ4v) is 4.61. The molecule has 1 atom stereocenters. The van der Waals surface area contributed by atoms with Crippen LogP contribution in [0.25, 0.3) is 0 Å². The number of aromatic nitrogens is 1. The maximum atomic E-state index is 13.6. The maximum Gasteiger partial charge on any atom is 0.240 e. The number of hydrogen-bond acceptors (Lipinski definition) is 5. The molecular formula is C25H29N3O4. The van der Waals surface area contributed by atoms with Gasteiger partial charge in [-0.25, -0.2) is 0 Å². The van der Waals surface area contributed by atoms with Gasteiger partial charge in [0, 0.05) is 38.7 Å². The second-order valence-corrected chi connectivity index (χ2v) is 8.48. The van der Waals surface area contributed by atoms with Gasteiger partial charge in [0.15, 0.2) is 0 Å². The van der Waals surface area contributed by atoms with Gasteiger partial charge >= 0.3 is 0 Å². The lowest BCUT2D eigenvalue weighted by Crippen LogP contribution is -2.45. The zero-order valence-electron chi connectivity index (χ0n) is 18.2. The van der Waals surface area contributed by atoms with Gasteiger partial charge in [0.05, 0.1) is 18.2 Å². The Morgan fingerprint density at radius 3 is 2.53 bits per heavy atom. The van der Waals surface area contributed by atoms with Crippen molar-refractivity contribution in [2.45, 2.75) is 43.9 Å². The molecular weight excluding hydrogens is 406 g/mol. The van der Waals surface area contributed by atoms with E-state index in [-0.39, 0.29) is 37.1 Å². The van der Waals surface area contributed by atoms with E-state index in [9.17, 15) is 14.4 Å². The summed E-state index contributed by atoms with van der Waals surface area (Å²) in [6.07, 6.45) is 6.96. The van der Waals surface area contributed by atoms with E-state index in [1.807, 2.05) is 41.3 Å². The van der Waals surface area contributed by atoms with Crippen LogP contribution in [-0.2, 0) is 19.8 Å². The lowest BCUT2D eigenvalue weighted by atomic mass is 9.75. The fraction of sp³-hybridized carbons (Fsp3) is 0.440. The van der Waals surface area contributed by atoms with Crippen molar-refractivity contribution < 1.29 is 19.1 Å². The number of nitrogens with zero attached hydrogens (tertiary/aromatic N) is 3. The topological polar surface area (TPSA) is 79.8 Å². The minimum atomic E-state index is -1.13. The van der Waals surface area contributed by atoms with Gasteiger partial charge in [0.1, 0.15) is 5.75 Å². The number of likely N-dealkylation sites (tertiary alicyclic amines) is 2. The van der Waals surface area contributed by atoms with Crippen molar-refractivity contribution in [1.29, 1.82) is 0 Å². The normalized spacial score (nSPS) is 21.1. The summed E-state index contributed by atoms with van der Waals surface area (Å²) in [4.78, 5) is 46.8. The summed E-state index contributed by atoms with van der Waals surface area (Å²) >= 11 is 0. The Hall–Kier alpha value is -3.22. The van der Waals surface area contributed by atoms with Crippen LogP contribution in [0.4, 0.5) is 0 Å². The molecule has 7 heteroatoms. The van der Waals surface area contributed by atoms with Crippen LogP contribution < -0.4 is 4.74 Å². The van der Waals surface area contributed by atoms with Crippen LogP contribution in [0.3, 0.4) is 0 Å². The van der Waals surface area contributed by atoms with Gasteiger partial charge in [-0.2, -0.15) is 0 Å². The number of amides is 3. The van der Waals surface area contributed by atoms with Crippen LogP contribution in [0.1, 0.15) is 44.1 Å². The third-order valence-corrected chi connectivity index (χ3v) is 6.33. The lowest BCUT2D eigenvalue weighted by molar-refractivity contribution is -0.143. The molecule has 0 spiro atoms. The Labute approximate surface area is 188 Å². The molecule has 7 nitrogen and oxygen atoms in total. The van der Waals surface area contributed by atoms with E-state index in [4.69, 9.17) is 4.74 Å². The first-order chi connectivity index (χ1) is 15.6. The molecule has 168 valence electrons. The zero-order chi connectivity index (χ0) is 22.4. The number of piperidine rings is 1. The van der Waals surface area contributed by atoms with E-state index in [1.54, 1.807) is 18.5 Å². The van der Waals surface area contributed by atoms with Crippen molar-refractivity contribution in [2.75, 3.05) is 26.2 Å². The van der Waals surface area contributed by atoms with Gasteiger partial charge in [-0.3, -0.25) is 24.3 Å².